The zero-order valence-corrected chi connectivity index (χ0v) is 12.4. The highest BCUT2D eigenvalue weighted by molar-refractivity contribution is 5.78. The van der Waals surface area contributed by atoms with Crippen molar-refractivity contribution in [3.63, 3.8) is 0 Å². The second-order valence-corrected chi connectivity index (χ2v) is 5.02. The Labute approximate surface area is 125 Å². The van der Waals surface area contributed by atoms with Gasteiger partial charge in [-0.1, -0.05) is 36.4 Å². The Hall–Kier alpha value is -2.49. The van der Waals surface area contributed by atoms with Gasteiger partial charge in [0.15, 0.2) is 5.96 Å². The summed E-state index contributed by atoms with van der Waals surface area (Å²) in [5.41, 5.74) is 6.82. The average Bonchev–Trinajstić information content (AvgIpc) is 2.47. The van der Waals surface area contributed by atoms with E-state index in [-0.39, 0.29) is 6.04 Å². The van der Waals surface area contributed by atoms with E-state index in [2.05, 4.69) is 10.3 Å². The highest BCUT2D eigenvalue weighted by atomic mass is 16.5. The molecule has 2 aromatic rings. The lowest BCUT2D eigenvalue weighted by Gasteiger charge is -2.11. The van der Waals surface area contributed by atoms with E-state index in [4.69, 9.17) is 10.5 Å². The first-order valence-electron chi connectivity index (χ1n) is 7.02. The molecule has 0 aliphatic carbocycles. The first-order chi connectivity index (χ1) is 10.1. The van der Waals surface area contributed by atoms with E-state index in [9.17, 15) is 0 Å². The topological polar surface area (TPSA) is 59.6 Å². The third-order valence-electron chi connectivity index (χ3n) is 2.80. The quantitative estimate of drug-likeness (QED) is 0.654. The maximum Gasteiger partial charge on any atom is 0.189 e. The number of aliphatic imine (C=N–C) groups is 1. The molecule has 0 saturated carbocycles. The van der Waals surface area contributed by atoms with Crippen LogP contribution in [0.2, 0.25) is 0 Å². The lowest BCUT2D eigenvalue weighted by molar-refractivity contribution is 0.476. The van der Waals surface area contributed by atoms with Gasteiger partial charge >= 0.3 is 0 Å². The Bertz CT molecular complexity index is 594. The normalized spacial score (nSPS) is 11.5. The molecular weight excluding hydrogens is 262 g/mol. The third-order valence-corrected chi connectivity index (χ3v) is 2.80. The number of hydrogen-bond acceptors (Lipinski definition) is 2. The number of ether oxygens (including phenoxy) is 1. The van der Waals surface area contributed by atoms with Crippen LogP contribution >= 0.6 is 0 Å². The van der Waals surface area contributed by atoms with Crippen molar-refractivity contribution in [3.8, 4) is 11.5 Å². The van der Waals surface area contributed by atoms with Gasteiger partial charge in [0.2, 0.25) is 0 Å². The van der Waals surface area contributed by atoms with Gasteiger partial charge in [0, 0.05) is 11.6 Å². The van der Waals surface area contributed by atoms with Crippen LogP contribution in [0.4, 0.5) is 0 Å². The minimum absolute atomic E-state index is 0.268. The van der Waals surface area contributed by atoms with Gasteiger partial charge in [0.25, 0.3) is 0 Å². The summed E-state index contributed by atoms with van der Waals surface area (Å²) in [5, 5.41) is 3.07. The number of guanidine groups is 1. The molecule has 21 heavy (non-hydrogen) atoms. The van der Waals surface area contributed by atoms with E-state index in [0.717, 1.165) is 17.1 Å². The summed E-state index contributed by atoms with van der Waals surface area (Å²) < 4.78 is 5.89. The van der Waals surface area contributed by atoms with Crippen molar-refractivity contribution in [1.82, 2.24) is 5.32 Å². The van der Waals surface area contributed by atoms with Crippen LogP contribution in [0.3, 0.4) is 0 Å². The van der Waals surface area contributed by atoms with Crippen LogP contribution in [0, 0.1) is 0 Å². The molecule has 0 fully saturated rings. The zero-order valence-electron chi connectivity index (χ0n) is 12.4. The number of benzene rings is 2. The summed E-state index contributed by atoms with van der Waals surface area (Å²) >= 11 is 0. The van der Waals surface area contributed by atoms with Gasteiger partial charge in [-0.25, -0.2) is 4.99 Å². The second-order valence-electron chi connectivity index (χ2n) is 5.02. The summed E-state index contributed by atoms with van der Waals surface area (Å²) in [5.74, 6) is 2.05. The molecule has 0 atom stereocenters. The Morgan fingerprint density at radius 3 is 2.48 bits per heavy atom. The lowest BCUT2D eigenvalue weighted by atomic mass is 10.2. The Kier molecular flexibility index (Phi) is 5.21. The lowest BCUT2D eigenvalue weighted by Crippen LogP contribution is -2.36. The summed E-state index contributed by atoms with van der Waals surface area (Å²) in [4.78, 5) is 4.34. The van der Waals surface area contributed by atoms with Crippen LogP contribution in [0.25, 0.3) is 0 Å². The van der Waals surface area contributed by atoms with Gasteiger partial charge in [-0.15, -0.1) is 0 Å². The van der Waals surface area contributed by atoms with Crippen molar-refractivity contribution in [3.05, 3.63) is 60.2 Å². The average molecular weight is 283 g/mol. The minimum atomic E-state index is 0.268. The molecule has 0 aliphatic heterocycles. The van der Waals surface area contributed by atoms with Crippen molar-refractivity contribution >= 4 is 5.96 Å². The monoisotopic (exact) mass is 283 g/mol. The number of nitrogens with zero attached hydrogens (tertiary/aromatic N) is 1. The van der Waals surface area contributed by atoms with Gasteiger partial charge in [0.1, 0.15) is 11.5 Å². The summed E-state index contributed by atoms with van der Waals surface area (Å²) in [6.45, 7) is 4.53. The Morgan fingerprint density at radius 2 is 1.76 bits per heavy atom. The number of para-hydroxylation sites is 2. The first-order valence-corrected chi connectivity index (χ1v) is 7.02. The van der Waals surface area contributed by atoms with Crippen molar-refractivity contribution in [1.29, 1.82) is 0 Å². The van der Waals surface area contributed by atoms with E-state index >= 15 is 0 Å². The van der Waals surface area contributed by atoms with E-state index in [1.54, 1.807) is 0 Å². The molecule has 2 aromatic carbocycles. The molecule has 2 rings (SSSR count). The fraction of sp³-hybridized carbons (Fsp3) is 0.235. The van der Waals surface area contributed by atoms with Crippen LogP contribution in [0.15, 0.2) is 59.6 Å². The fourth-order valence-electron chi connectivity index (χ4n) is 1.86. The molecule has 0 heterocycles. The number of nitrogens with one attached hydrogen (secondary N) is 1. The molecule has 0 saturated heterocycles. The summed E-state index contributed by atoms with van der Waals surface area (Å²) in [6, 6.07) is 17.8. The van der Waals surface area contributed by atoms with E-state index in [1.807, 2.05) is 68.4 Å². The van der Waals surface area contributed by atoms with Crippen LogP contribution in [0.5, 0.6) is 11.5 Å². The SMILES string of the molecule is CC(C)NC(N)=NCc1ccccc1Oc1ccccc1. The molecule has 0 aromatic heterocycles. The first kappa shape index (κ1) is 14.9. The van der Waals surface area contributed by atoms with Crippen molar-refractivity contribution in [2.24, 2.45) is 10.7 Å². The fourth-order valence-corrected chi connectivity index (χ4v) is 1.86. The van der Waals surface area contributed by atoms with Crippen LogP contribution in [0.1, 0.15) is 19.4 Å². The van der Waals surface area contributed by atoms with E-state index in [0.29, 0.717) is 12.5 Å². The molecule has 0 radical (unpaired) electrons. The summed E-state index contributed by atoms with van der Waals surface area (Å²) in [7, 11) is 0. The van der Waals surface area contributed by atoms with Gasteiger partial charge in [-0.05, 0) is 32.0 Å². The van der Waals surface area contributed by atoms with Gasteiger partial charge < -0.3 is 15.8 Å². The number of nitrogens with two attached hydrogens (primary N) is 1. The zero-order chi connectivity index (χ0) is 15.1. The second kappa shape index (κ2) is 7.33. The van der Waals surface area contributed by atoms with Crippen LogP contribution in [-0.2, 0) is 6.54 Å². The molecule has 110 valence electrons. The van der Waals surface area contributed by atoms with Crippen LogP contribution < -0.4 is 15.8 Å². The smallest absolute Gasteiger partial charge is 0.189 e. The maximum absolute atomic E-state index is 5.89. The van der Waals surface area contributed by atoms with Crippen molar-refractivity contribution in [2.45, 2.75) is 26.4 Å². The predicted molar refractivity (Wildman–Crippen MR) is 86.6 cm³/mol. The maximum atomic E-state index is 5.89. The molecule has 0 spiro atoms. The Balaban J connectivity index is 2.10. The largest absolute Gasteiger partial charge is 0.457 e. The molecule has 0 unspecified atom stereocenters. The molecule has 4 heteroatoms. The highest BCUT2D eigenvalue weighted by Crippen LogP contribution is 2.25. The van der Waals surface area contributed by atoms with E-state index < -0.39 is 0 Å². The van der Waals surface area contributed by atoms with Crippen molar-refractivity contribution < 1.29 is 4.74 Å². The molecule has 4 nitrogen and oxygen atoms in total. The Morgan fingerprint density at radius 1 is 1.10 bits per heavy atom. The number of hydrogen-bond donors (Lipinski definition) is 2. The minimum Gasteiger partial charge on any atom is -0.457 e. The molecule has 0 amide bonds. The number of rotatable bonds is 5. The molecule has 0 aliphatic rings. The van der Waals surface area contributed by atoms with Gasteiger partial charge in [-0.2, -0.15) is 0 Å². The highest BCUT2D eigenvalue weighted by Gasteiger charge is 2.04. The van der Waals surface area contributed by atoms with Gasteiger partial charge in [0.05, 0.1) is 6.54 Å². The molecular formula is C17H21N3O. The van der Waals surface area contributed by atoms with E-state index in [1.165, 1.54) is 0 Å². The third kappa shape index (κ3) is 4.84. The van der Waals surface area contributed by atoms with Gasteiger partial charge in [-0.3, -0.25) is 0 Å². The molecule has 3 N–H and O–H groups in total. The predicted octanol–water partition coefficient (Wildman–Crippen LogP) is 3.29. The van der Waals surface area contributed by atoms with Crippen molar-refractivity contribution in [2.75, 3.05) is 0 Å². The van der Waals surface area contributed by atoms with Crippen LogP contribution in [-0.4, -0.2) is 12.0 Å². The molecule has 0 bridgehead atoms. The standard InChI is InChI=1S/C17H21N3O/c1-13(2)20-17(18)19-12-14-8-6-7-11-16(14)21-15-9-4-3-5-10-15/h3-11,13H,12H2,1-2H3,(H3,18,19,20). The summed E-state index contributed by atoms with van der Waals surface area (Å²) in [6.07, 6.45) is 0.